The molecule has 0 aliphatic carbocycles. The molecular weight excluding hydrogens is 314 g/mol. The predicted octanol–water partition coefficient (Wildman–Crippen LogP) is 1.72. The Morgan fingerprint density at radius 2 is 2.16 bits per heavy atom. The summed E-state index contributed by atoms with van der Waals surface area (Å²) in [7, 11) is 4.05. The first kappa shape index (κ1) is 19.1. The van der Waals surface area contributed by atoms with Gasteiger partial charge >= 0.3 is 11.9 Å². The zero-order valence-electron chi connectivity index (χ0n) is 15.3. The number of aliphatic imine (C=N–C) groups is 1. The van der Waals surface area contributed by atoms with Crippen LogP contribution in [0.15, 0.2) is 35.5 Å². The molecule has 1 amide bonds. The number of aromatic amines is 1. The smallest absolute Gasteiger partial charge is 0.334 e. The van der Waals surface area contributed by atoms with Crippen LogP contribution in [0.1, 0.15) is 18.9 Å². The third-order valence-corrected chi connectivity index (χ3v) is 4.08. The number of aromatic nitrogens is 1. The molecule has 25 heavy (non-hydrogen) atoms. The fraction of sp³-hybridized carbons (Fsp3) is 0.474. The topological polar surface area (TPSA) is 77.5 Å². The van der Waals surface area contributed by atoms with E-state index in [-0.39, 0.29) is 5.91 Å². The van der Waals surface area contributed by atoms with Gasteiger partial charge in [0.15, 0.2) is 0 Å². The molecule has 2 aromatic rings. The summed E-state index contributed by atoms with van der Waals surface area (Å²) in [4.78, 5) is 22.1. The summed E-state index contributed by atoms with van der Waals surface area (Å²) in [6.45, 7) is 4.03. The Hall–Kier alpha value is -2.27. The summed E-state index contributed by atoms with van der Waals surface area (Å²) in [5.41, 5.74) is 8.26. The van der Waals surface area contributed by atoms with Gasteiger partial charge < -0.3 is 15.6 Å². The maximum absolute atomic E-state index is 12.6. The summed E-state index contributed by atoms with van der Waals surface area (Å²) in [5, 5.41) is 1.11. The quantitative estimate of drug-likeness (QED) is 0.436. The van der Waals surface area contributed by atoms with Crippen LogP contribution in [0.3, 0.4) is 0 Å². The summed E-state index contributed by atoms with van der Waals surface area (Å²) in [6.07, 6.45) is 3.35. The maximum Gasteiger partial charge on any atom is 0.334 e. The standard InChI is InChI=1S/C19H28N5O/c1-4-24(14-21-10-7-11-23(2)3)19(25)17(20)12-15-13-22-18-9-6-5-8-16(15)18/h5-6,8-9,13,17,22H,4,7,10-12,20H2,1-3H3/q+1/t17-/m0/s1. The number of carbonyl (C=O) groups excluding carboxylic acids is 1. The second-order valence-electron chi connectivity index (χ2n) is 6.39. The van der Waals surface area contributed by atoms with Gasteiger partial charge in [0, 0.05) is 36.5 Å². The van der Waals surface area contributed by atoms with Crippen molar-refractivity contribution in [1.82, 2.24) is 9.88 Å². The van der Waals surface area contributed by atoms with Gasteiger partial charge in [-0.05, 0) is 37.6 Å². The molecule has 0 saturated heterocycles. The molecule has 0 unspecified atom stereocenters. The number of H-pyrrole nitrogens is 1. The van der Waals surface area contributed by atoms with Gasteiger partial charge in [-0.3, -0.25) is 0 Å². The molecule has 0 saturated carbocycles. The lowest BCUT2D eigenvalue weighted by atomic mass is 10.1. The molecule has 1 atom stereocenters. The number of amides is 1. The maximum atomic E-state index is 12.6. The minimum absolute atomic E-state index is 0.149. The third-order valence-electron chi connectivity index (χ3n) is 4.08. The Kier molecular flexibility index (Phi) is 7.07. The Morgan fingerprint density at radius 1 is 1.40 bits per heavy atom. The minimum atomic E-state index is -0.608. The van der Waals surface area contributed by atoms with E-state index >= 15 is 0 Å². The predicted molar refractivity (Wildman–Crippen MR) is 101 cm³/mol. The summed E-state index contributed by atoms with van der Waals surface area (Å²) in [5.74, 6) is -0.149. The first-order chi connectivity index (χ1) is 12.0. The van der Waals surface area contributed by atoms with E-state index in [0.717, 1.165) is 29.4 Å². The molecule has 1 heterocycles. The van der Waals surface area contributed by atoms with Gasteiger partial charge in [0.1, 0.15) is 12.6 Å². The number of carbonyl (C=O) groups is 1. The van der Waals surface area contributed by atoms with Crippen molar-refractivity contribution in [3.63, 3.8) is 0 Å². The van der Waals surface area contributed by atoms with E-state index < -0.39 is 6.04 Å². The van der Waals surface area contributed by atoms with Crippen LogP contribution in [-0.4, -0.2) is 66.1 Å². The summed E-state index contributed by atoms with van der Waals surface area (Å²) < 4.78 is 1.48. The van der Waals surface area contributed by atoms with Crippen LogP contribution in [0.25, 0.3) is 10.9 Å². The summed E-state index contributed by atoms with van der Waals surface area (Å²) >= 11 is 0. The molecule has 0 bridgehead atoms. The monoisotopic (exact) mass is 342 g/mol. The van der Waals surface area contributed by atoms with Gasteiger partial charge in [-0.25, -0.2) is 4.79 Å². The van der Waals surface area contributed by atoms with Crippen LogP contribution in [0.2, 0.25) is 0 Å². The number of rotatable bonds is 8. The van der Waals surface area contributed by atoms with E-state index in [1.165, 1.54) is 4.58 Å². The van der Waals surface area contributed by atoms with Crippen molar-refractivity contribution < 1.29 is 9.37 Å². The van der Waals surface area contributed by atoms with Crippen molar-refractivity contribution in [3.05, 3.63) is 36.0 Å². The van der Waals surface area contributed by atoms with Crippen molar-refractivity contribution in [2.75, 3.05) is 33.7 Å². The van der Waals surface area contributed by atoms with Crippen molar-refractivity contribution in [3.8, 4) is 0 Å². The van der Waals surface area contributed by atoms with Gasteiger partial charge in [0.25, 0.3) is 0 Å². The molecule has 3 N–H and O–H groups in total. The van der Waals surface area contributed by atoms with E-state index in [2.05, 4.69) is 20.9 Å². The second-order valence-corrected chi connectivity index (χ2v) is 6.39. The van der Waals surface area contributed by atoms with E-state index in [0.29, 0.717) is 19.5 Å². The van der Waals surface area contributed by atoms with Crippen LogP contribution in [0.4, 0.5) is 0 Å². The minimum Gasteiger partial charge on any atom is -0.361 e. The number of para-hydroxylation sites is 1. The Bertz CT molecular complexity index is 771. The molecule has 0 aliphatic heterocycles. The first-order valence-electron chi connectivity index (χ1n) is 8.71. The second kappa shape index (κ2) is 9.28. The zero-order chi connectivity index (χ0) is 18.2. The van der Waals surface area contributed by atoms with E-state index in [4.69, 9.17) is 5.73 Å². The lowest BCUT2D eigenvalue weighted by Crippen LogP contribution is -2.40. The average Bonchev–Trinajstić information content (AvgIpc) is 3.00. The van der Waals surface area contributed by atoms with E-state index in [9.17, 15) is 4.79 Å². The molecule has 6 heteroatoms. The molecule has 6 nitrogen and oxygen atoms in total. The van der Waals surface area contributed by atoms with Gasteiger partial charge in [-0.1, -0.05) is 18.2 Å². The first-order valence-corrected chi connectivity index (χ1v) is 8.71. The molecular formula is C19H28N5O+. The van der Waals surface area contributed by atoms with Crippen LogP contribution < -0.4 is 5.73 Å². The van der Waals surface area contributed by atoms with Crippen LogP contribution in [-0.2, 0) is 11.2 Å². The summed E-state index contributed by atoms with van der Waals surface area (Å²) in [6, 6.07) is 10.2. The number of benzene rings is 1. The van der Waals surface area contributed by atoms with Crippen molar-refractivity contribution >= 4 is 22.8 Å². The molecule has 0 fully saturated rings. The SMILES string of the molecule is CC[N+](=C=NCCCN(C)C)C(=O)[C@@H](N)Cc1c[nH]c2ccccc12. The number of nitrogens with two attached hydrogens (primary N) is 1. The Balaban J connectivity index is 2.02. The number of hydrogen-bond donors (Lipinski definition) is 2. The Labute approximate surface area is 149 Å². The van der Waals surface area contributed by atoms with Crippen molar-refractivity contribution in [1.29, 1.82) is 0 Å². The number of nitrogens with one attached hydrogen (secondary N) is 1. The molecule has 2 rings (SSSR count). The van der Waals surface area contributed by atoms with Gasteiger partial charge in [-0.2, -0.15) is 4.58 Å². The van der Waals surface area contributed by atoms with Crippen LogP contribution >= 0.6 is 0 Å². The van der Waals surface area contributed by atoms with Gasteiger partial charge in [-0.15, -0.1) is 0 Å². The van der Waals surface area contributed by atoms with Crippen molar-refractivity contribution in [2.45, 2.75) is 25.8 Å². The molecule has 1 aromatic heterocycles. The van der Waals surface area contributed by atoms with Gasteiger partial charge in [0.05, 0.1) is 6.54 Å². The zero-order valence-corrected chi connectivity index (χ0v) is 15.3. The normalized spacial score (nSPS) is 12.2. The highest BCUT2D eigenvalue weighted by atomic mass is 16.2. The number of likely N-dealkylation sites (N-methyl/N-ethyl adjacent to an activating group) is 1. The fourth-order valence-corrected chi connectivity index (χ4v) is 2.70. The highest BCUT2D eigenvalue weighted by Gasteiger charge is 2.22. The molecule has 0 spiro atoms. The highest BCUT2D eigenvalue weighted by Crippen LogP contribution is 2.18. The van der Waals surface area contributed by atoms with Crippen LogP contribution in [0, 0.1) is 0 Å². The number of hydrogen-bond acceptors (Lipinski definition) is 4. The van der Waals surface area contributed by atoms with Crippen molar-refractivity contribution in [2.24, 2.45) is 10.7 Å². The lowest BCUT2D eigenvalue weighted by Gasteiger charge is -2.08. The highest BCUT2D eigenvalue weighted by molar-refractivity contribution is 5.84. The van der Waals surface area contributed by atoms with E-state index in [1.807, 2.05) is 51.5 Å². The molecule has 1 aromatic carbocycles. The fourth-order valence-electron chi connectivity index (χ4n) is 2.70. The van der Waals surface area contributed by atoms with E-state index in [1.54, 1.807) is 0 Å². The lowest BCUT2D eigenvalue weighted by molar-refractivity contribution is -0.441. The third kappa shape index (κ3) is 5.36. The molecule has 134 valence electrons. The average molecular weight is 342 g/mol. The number of fused-ring (bicyclic) bond motifs is 1. The Morgan fingerprint density at radius 3 is 2.88 bits per heavy atom. The molecule has 0 radical (unpaired) electrons. The number of nitrogens with zero attached hydrogens (tertiary/aromatic N) is 3. The largest absolute Gasteiger partial charge is 0.361 e. The molecule has 0 aliphatic rings. The van der Waals surface area contributed by atoms with Crippen LogP contribution in [0.5, 0.6) is 0 Å². The van der Waals surface area contributed by atoms with Gasteiger partial charge in [0.2, 0.25) is 0 Å².